The third-order valence-electron chi connectivity index (χ3n) is 1.21. The van der Waals surface area contributed by atoms with Crippen molar-refractivity contribution in [3.05, 3.63) is 0 Å². The molecule has 0 aromatic carbocycles. The van der Waals surface area contributed by atoms with E-state index in [0.29, 0.717) is 0 Å². The van der Waals surface area contributed by atoms with Gasteiger partial charge in [-0.3, -0.25) is 0 Å². The van der Waals surface area contributed by atoms with Crippen LogP contribution in [0.2, 0.25) is 0 Å². The molecular weight excluding hydrogens is 180 g/mol. The van der Waals surface area contributed by atoms with Gasteiger partial charge in [0.15, 0.2) is 0 Å². The van der Waals surface area contributed by atoms with Gasteiger partial charge in [0.1, 0.15) is 0 Å². The molecule has 0 atom stereocenters. The van der Waals surface area contributed by atoms with Gasteiger partial charge < -0.3 is 5.11 Å². The third-order valence-corrected chi connectivity index (χ3v) is 2.98. The molecule has 0 radical (unpaired) electrons. The number of nitrogens with zero attached hydrogens (tertiary/aromatic N) is 1. The Morgan fingerprint density at radius 3 is 2.33 bits per heavy atom. The topological polar surface area (TPSA) is 69.6 Å². The molecule has 74 valence electrons. The molecule has 0 aromatic heterocycles. The van der Waals surface area contributed by atoms with Crippen molar-refractivity contribution in [2.45, 2.75) is 19.9 Å². The van der Waals surface area contributed by atoms with Gasteiger partial charge in [-0.15, -0.1) is 0 Å². The molecule has 0 bridgehead atoms. The Labute approximate surface area is 73.6 Å². The summed E-state index contributed by atoms with van der Waals surface area (Å²) in [5.74, 6) is 0. The van der Waals surface area contributed by atoms with Gasteiger partial charge in [0.2, 0.25) is 0 Å². The van der Waals surface area contributed by atoms with Crippen molar-refractivity contribution in [1.29, 1.82) is 0 Å². The predicted octanol–water partition coefficient (Wildman–Crippen LogP) is -0.847. The van der Waals surface area contributed by atoms with Gasteiger partial charge >= 0.3 is 0 Å². The third kappa shape index (κ3) is 4.01. The van der Waals surface area contributed by atoms with Crippen molar-refractivity contribution in [3.63, 3.8) is 0 Å². The van der Waals surface area contributed by atoms with E-state index in [1.54, 1.807) is 13.8 Å². The number of aliphatic hydroxyl groups is 1. The zero-order chi connectivity index (χ0) is 9.78. The second-order valence-corrected chi connectivity index (χ2v) is 4.63. The first-order valence-corrected chi connectivity index (χ1v) is 5.18. The van der Waals surface area contributed by atoms with Crippen LogP contribution >= 0.6 is 0 Å². The van der Waals surface area contributed by atoms with Crippen LogP contribution in [-0.2, 0) is 10.2 Å². The lowest BCUT2D eigenvalue weighted by molar-refractivity contribution is 0.265. The lowest BCUT2D eigenvalue weighted by Crippen LogP contribution is -2.42. The fourth-order valence-corrected chi connectivity index (χ4v) is 1.75. The summed E-state index contributed by atoms with van der Waals surface area (Å²) in [6, 6.07) is -0.129. The molecule has 12 heavy (non-hydrogen) atoms. The Balaban J connectivity index is 4.20. The summed E-state index contributed by atoms with van der Waals surface area (Å²) in [6.07, 6.45) is 0. The summed E-state index contributed by atoms with van der Waals surface area (Å²) < 4.78 is 25.9. The normalized spacial score (nSPS) is 12.8. The van der Waals surface area contributed by atoms with Crippen LogP contribution in [0, 0.1) is 0 Å². The summed E-state index contributed by atoms with van der Waals surface area (Å²) >= 11 is 0. The summed E-state index contributed by atoms with van der Waals surface area (Å²) in [7, 11) is -1.98. The first-order valence-electron chi connectivity index (χ1n) is 3.74. The Hall–Kier alpha value is -0.170. The van der Waals surface area contributed by atoms with Gasteiger partial charge in [-0.1, -0.05) is 0 Å². The SMILES string of the molecule is CC(C)NS(=O)(=O)N(C)CCO. The van der Waals surface area contributed by atoms with Gasteiger partial charge in [0.25, 0.3) is 10.2 Å². The first-order chi connectivity index (χ1) is 5.40. The second-order valence-electron chi connectivity index (χ2n) is 2.82. The van der Waals surface area contributed by atoms with Crippen LogP contribution in [-0.4, -0.2) is 44.1 Å². The van der Waals surface area contributed by atoms with Crippen molar-refractivity contribution in [3.8, 4) is 0 Å². The lowest BCUT2D eigenvalue weighted by Gasteiger charge is -2.17. The van der Waals surface area contributed by atoms with Crippen LogP contribution < -0.4 is 4.72 Å². The highest BCUT2D eigenvalue weighted by Crippen LogP contribution is 1.94. The highest BCUT2D eigenvalue weighted by atomic mass is 32.2. The monoisotopic (exact) mass is 196 g/mol. The number of nitrogens with one attached hydrogen (secondary N) is 1. The van der Waals surface area contributed by atoms with Crippen LogP contribution in [0.5, 0.6) is 0 Å². The predicted molar refractivity (Wildman–Crippen MR) is 46.9 cm³/mol. The largest absolute Gasteiger partial charge is 0.395 e. The quantitative estimate of drug-likeness (QED) is 0.602. The molecule has 0 fully saturated rings. The van der Waals surface area contributed by atoms with E-state index in [2.05, 4.69) is 4.72 Å². The van der Waals surface area contributed by atoms with E-state index in [1.165, 1.54) is 7.05 Å². The number of likely N-dealkylation sites (N-methyl/N-ethyl adjacent to an activating group) is 1. The van der Waals surface area contributed by atoms with Gasteiger partial charge in [0.05, 0.1) is 6.61 Å². The molecular formula is C6H16N2O3S. The maximum atomic E-state index is 11.2. The standard InChI is InChI=1S/C6H16N2O3S/c1-6(2)7-12(10,11)8(3)4-5-9/h6-7,9H,4-5H2,1-3H3. The molecule has 0 spiro atoms. The molecule has 0 amide bonds. The van der Waals surface area contributed by atoms with E-state index < -0.39 is 10.2 Å². The van der Waals surface area contributed by atoms with Gasteiger partial charge in [-0.25, -0.2) is 0 Å². The average Bonchev–Trinajstić information content (AvgIpc) is 1.85. The van der Waals surface area contributed by atoms with Crippen LogP contribution in [0.1, 0.15) is 13.8 Å². The van der Waals surface area contributed by atoms with Gasteiger partial charge in [-0.2, -0.15) is 17.4 Å². The number of hydrogen-bond acceptors (Lipinski definition) is 3. The Morgan fingerprint density at radius 1 is 1.50 bits per heavy atom. The van der Waals surface area contributed by atoms with E-state index >= 15 is 0 Å². The fraction of sp³-hybridized carbons (Fsp3) is 1.00. The molecule has 0 heterocycles. The van der Waals surface area contributed by atoms with Crippen molar-refractivity contribution >= 4 is 10.2 Å². The van der Waals surface area contributed by atoms with Crippen molar-refractivity contribution < 1.29 is 13.5 Å². The molecule has 0 aromatic rings. The zero-order valence-corrected chi connectivity index (χ0v) is 8.43. The van der Waals surface area contributed by atoms with Crippen LogP contribution in [0.4, 0.5) is 0 Å². The summed E-state index contributed by atoms with van der Waals surface area (Å²) in [6.45, 7) is 3.42. The summed E-state index contributed by atoms with van der Waals surface area (Å²) in [5.41, 5.74) is 0. The second kappa shape index (κ2) is 4.76. The molecule has 2 N–H and O–H groups in total. The van der Waals surface area contributed by atoms with E-state index in [9.17, 15) is 8.42 Å². The maximum absolute atomic E-state index is 11.2. The molecule has 0 saturated heterocycles. The Morgan fingerprint density at radius 2 is 2.00 bits per heavy atom. The molecule has 0 aliphatic heterocycles. The molecule has 0 saturated carbocycles. The summed E-state index contributed by atoms with van der Waals surface area (Å²) in [4.78, 5) is 0. The first kappa shape index (κ1) is 11.8. The number of aliphatic hydroxyl groups excluding tert-OH is 1. The van der Waals surface area contributed by atoms with Crippen LogP contribution in [0.3, 0.4) is 0 Å². The average molecular weight is 196 g/mol. The van der Waals surface area contributed by atoms with Gasteiger partial charge in [0, 0.05) is 19.6 Å². The maximum Gasteiger partial charge on any atom is 0.279 e. The summed E-state index contributed by atoms with van der Waals surface area (Å²) in [5, 5.41) is 8.50. The van der Waals surface area contributed by atoms with E-state index in [1.807, 2.05) is 0 Å². The minimum Gasteiger partial charge on any atom is -0.395 e. The smallest absolute Gasteiger partial charge is 0.279 e. The fourth-order valence-electron chi connectivity index (χ4n) is 0.649. The minimum absolute atomic E-state index is 0.113. The molecule has 0 aliphatic rings. The highest BCUT2D eigenvalue weighted by Gasteiger charge is 2.17. The molecule has 5 nitrogen and oxygen atoms in total. The Kier molecular flexibility index (Phi) is 4.69. The Bertz CT molecular complexity index is 213. The van der Waals surface area contributed by atoms with Gasteiger partial charge in [-0.05, 0) is 13.8 Å². The highest BCUT2D eigenvalue weighted by molar-refractivity contribution is 7.87. The van der Waals surface area contributed by atoms with Crippen LogP contribution in [0.25, 0.3) is 0 Å². The van der Waals surface area contributed by atoms with Crippen molar-refractivity contribution in [2.24, 2.45) is 0 Å². The molecule has 0 aliphatic carbocycles. The molecule has 6 heteroatoms. The van der Waals surface area contributed by atoms with E-state index in [-0.39, 0.29) is 19.2 Å². The van der Waals surface area contributed by atoms with Crippen LogP contribution in [0.15, 0.2) is 0 Å². The molecule has 0 rings (SSSR count). The zero-order valence-electron chi connectivity index (χ0n) is 7.61. The van der Waals surface area contributed by atoms with Crippen molar-refractivity contribution in [2.75, 3.05) is 20.2 Å². The minimum atomic E-state index is -3.40. The number of rotatable bonds is 5. The lowest BCUT2D eigenvalue weighted by atomic mass is 10.4. The van der Waals surface area contributed by atoms with E-state index in [0.717, 1.165) is 4.31 Å². The molecule has 0 unspecified atom stereocenters. The number of hydrogen-bond donors (Lipinski definition) is 2. The van der Waals surface area contributed by atoms with Crippen molar-refractivity contribution in [1.82, 2.24) is 9.03 Å². The van der Waals surface area contributed by atoms with E-state index in [4.69, 9.17) is 5.11 Å².